The monoisotopic (exact) mass is 484 g/mol. The fourth-order valence-corrected chi connectivity index (χ4v) is 4.86. The molecule has 33 heavy (non-hydrogen) atoms. The summed E-state index contributed by atoms with van der Waals surface area (Å²) in [7, 11) is 0. The molecule has 1 aliphatic rings. The van der Waals surface area contributed by atoms with Gasteiger partial charge >= 0.3 is 0 Å². The highest BCUT2D eigenvalue weighted by atomic mass is 35.5. The summed E-state index contributed by atoms with van der Waals surface area (Å²) in [6, 6.07) is 4.15. The number of nitrogen functional groups attached to an aromatic ring is 1. The van der Waals surface area contributed by atoms with Gasteiger partial charge in [-0.3, -0.25) is 4.79 Å². The van der Waals surface area contributed by atoms with E-state index in [9.17, 15) is 9.18 Å². The maximum absolute atomic E-state index is 15.7. The summed E-state index contributed by atoms with van der Waals surface area (Å²) in [6.07, 6.45) is 1.25. The van der Waals surface area contributed by atoms with Crippen molar-refractivity contribution >= 4 is 60.9 Å². The Morgan fingerprint density at radius 1 is 1.30 bits per heavy atom. The Morgan fingerprint density at radius 3 is 2.85 bits per heavy atom. The van der Waals surface area contributed by atoms with E-state index in [-0.39, 0.29) is 43.4 Å². The number of rotatable bonds is 3. The zero-order chi connectivity index (χ0) is 23.3. The van der Waals surface area contributed by atoms with Gasteiger partial charge in [0.2, 0.25) is 0 Å². The first kappa shape index (κ1) is 21.3. The smallest absolute Gasteiger partial charge is 0.298 e. The third-order valence-electron chi connectivity index (χ3n) is 5.34. The van der Waals surface area contributed by atoms with E-state index in [1.165, 1.54) is 18.5 Å². The molecule has 3 heterocycles. The van der Waals surface area contributed by atoms with Gasteiger partial charge in [-0.2, -0.15) is 0 Å². The topological polar surface area (TPSA) is 97.0 Å². The number of nitrogens with two attached hydrogens (primary N) is 1. The largest absolute Gasteiger partial charge is 0.375 e. The summed E-state index contributed by atoms with van der Waals surface area (Å²) in [5, 5.41) is 3.86. The minimum atomic E-state index is -0.675. The Kier molecular flexibility index (Phi) is 5.23. The Bertz CT molecular complexity index is 1510. The predicted molar refractivity (Wildman–Crippen MR) is 125 cm³/mol. The number of carbonyl (C=O) groups is 1. The quantitative estimate of drug-likeness (QED) is 0.425. The fraction of sp³-hybridized carbons (Fsp3) is 0.182. The first-order valence-electron chi connectivity index (χ1n) is 9.83. The van der Waals surface area contributed by atoms with Crippen LogP contribution in [0.4, 0.5) is 19.7 Å². The van der Waals surface area contributed by atoms with Crippen LogP contribution in [0.15, 0.2) is 24.5 Å². The van der Waals surface area contributed by atoms with E-state index in [1.54, 1.807) is 17.9 Å². The normalized spacial score (nSPS) is 13.6. The molecule has 0 spiro atoms. The number of aromatic nitrogens is 3. The molecule has 3 N–H and O–H groups in total. The summed E-state index contributed by atoms with van der Waals surface area (Å²) in [4.78, 5) is 25.9. The summed E-state index contributed by atoms with van der Waals surface area (Å²) < 4.78 is 30.1. The maximum atomic E-state index is 15.7. The van der Waals surface area contributed by atoms with E-state index in [1.807, 2.05) is 0 Å². The van der Waals surface area contributed by atoms with Crippen molar-refractivity contribution in [3.8, 4) is 23.0 Å². The van der Waals surface area contributed by atoms with Crippen molar-refractivity contribution in [3.05, 3.63) is 41.2 Å². The lowest BCUT2D eigenvalue weighted by molar-refractivity contribution is -0.128. The van der Waals surface area contributed by atoms with E-state index >= 15 is 4.39 Å². The third kappa shape index (κ3) is 3.59. The Labute approximate surface area is 195 Å². The van der Waals surface area contributed by atoms with E-state index in [0.29, 0.717) is 29.9 Å². The summed E-state index contributed by atoms with van der Waals surface area (Å²) in [5.74, 6) is 4.07. The second-order valence-electron chi connectivity index (χ2n) is 7.42. The molecule has 4 aromatic rings. The van der Waals surface area contributed by atoms with Crippen LogP contribution in [0.25, 0.3) is 32.2 Å². The molecule has 11 heteroatoms. The number of carbonyl (C=O) groups excluding carboxylic acids is 1. The molecular weight excluding hydrogens is 470 g/mol. The molecule has 5 rings (SSSR count). The summed E-state index contributed by atoms with van der Waals surface area (Å²) >= 11 is 7.49. The van der Waals surface area contributed by atoms with E-state index in [0.717, 1.165) is 11.3 Å². The highest BCUT2D eigenvalue weighted by Gasteiger charge is 2.31. The van der Waals surface area contributed by atoms with Crippen LogP contribution in [0.3, 0.4) is 0 Å². The minimum absolute atomic E-state index is 0.0525. The Balaban J connectivity index is 1.54. The molecule has 0 unspecified atom stereocenters. The van der Waals surface area contributed by atoms with E-state index in [2.05, 4.69) is 32.1 Å². The van der Waals surface area contributed by atoms with Crippen molar-refractivity contribution in [2.24, 2.45) is 0 Å². The molecule has 1 amide bonds. The number of nitrogens with one attached hydrogen (secondary N) is 1. The number of benzene rings is 2. The average Bonchev–Trinajstić information content (AvgIpc) is 3.15. The second kappa shape index (κ2) is 8.10. The zero-order valence-corrected chi connectivity index (χ0v) is 18.7. The van der Waals surface area contributed by atoms with Crippen molar-refractivity contribution in [1.29, 1.82) is 0 Å². The first-order valence-corrected chi connectivity index (χ1v) is 11.0. The molecule has 0 saturated carbocycles. The van der Waals surface area contributed by atoms with Gasteiger partial charge in [-0.15, -0.1) is 0 Å². The number of anilines is 2. The SMILES string of the molecule is CC#CC(=O)N1CC(Nc2ncnc3c(F)c(-c4ccc(F)c5sc(N)nc45)c(Cl)cc23)C1. The highest BCUT2D eigenvalue weighted by Crippen LogP contribution is 2.41. The lowest BCUT2D eigenvalue weighted by Crippen LogP contribution is -2.56. The predicted octanol–water partition coefficient (Wildman–Crippen LogP) is 4.07. The molecule has 7 nitrogen and oxygen atoms in total. The van der Waals surface area contributed by atoms with Crippen molar-refractivity contribution in [2.75, 3.05) is 24.1 Å². The number of nitrogens with zero attached hydrogens (tertiary/aromatic N) is 4. The van der Waals surface area contributed by atoms with Crippen LogP contribution < -0.4 is 11.1 Å². The van der Waals surface area contributed by atoms with Crippen LogP contribution in [0, 0.1) is 23.5 Å². The van der Waals surface area contributed by atoms with Crippen LogP contribution >= 0.6 is 22.9 Å². The van der Waals surface area contributed by atoms with Crippen molar-refractivity contribution in [3.63, 3.8) is 0 Å². The molecule has 1 fully saturated rings. The number of halogens is 3. The number of fused-ring (bicyclic) bond motifs is 2. The fourth-order valence-electron chi connectivity index (χ4n) is 3.80. The second-order valence-corrected chi connectivity index (χ2v) is 8.85. The molecular formula is C22H15ClF2N6OS. The Hall–Kier alpha value is -3.55. The van der Waals surface area contributed by atoms with Crippen LogP contribution in [-0.4, -0.2) is 44.9 Å². The number of hydrogen-bond donors (Lipinski definition) is 2. The van der Waals surface area contributed by atoms with Crippen LogP contribution in [0.1, 0.15) is 6.92 Å². The molecule has 0 bridgehead atoms. The number of likely N-dealkylation sites (tertiary alicyclic amines) is 1. The molecule has 1 saturated heterocycles. The van der Waals surface area contributed by atoms with Gasteiger partial charge < -0.3 is 16.0 Å². The summed E-state index contributed by atoms with van der Waals surface area (Å²) in [6.45, 7) is 2.51. The highest BCUT2D eigenvalue weighted by molar-refractivity contribution is 7.22. The molecule has 0 atom stereocenters. The van der Waals surface area contributed by atoms with Crippen molar-refractivity contribution < 1.29 is 13.6 Å². The lowest BCUT2D eigenvalue weighted by atomic mass is 10.0. The van der Waals surface area contributed by atoms with E-state index in [4.69, 9.17) is 17.3 Å². The molecule has 0 aliphatic carbocycles. The number of thiazole rings is 1. The third-order valence-corrected chi connectivity index (χ3v) is 6.54. The van der Waals surface area contributed by atoms with Gasteiger partial charge in [-0.25, -0.2) is 23.7 Å². The summed E-state index contributed by atoms with van der Waals surface area (Å²) in [5.41, 5.74) is 6.42. The Morgan fingerprint density at radius 2 is 2.09 bits per heavy atom. The number of amides is 1. The van der Waals surface area contributed by atoms with Gasteiger partial charge in [0, 0.05) is 29.6 Å². The molecule has 0 radical (unpaired) electrons. The first-order chi connectivity index (χ1) is 15.9. The van der Waals surface area contributed by atoms with Crippen molar-refractivity contribution in [1.82, 2.24) is 19.9 Å². The van der Waals surface area contributed by atoms with Gasteiger partial charge in [-0.05, 0) is 31.0 Å². The lowest BCUT2D eigenvalue weighted by Gasteiger charge is -2.38. The van der Waals surface area contributed by atoms with Gasteiger partial charge in [0.25, 0.3) is 5.91 Å². The van der Waals surface area contributed by atoms with Gasteiger partial charge in [0.05, 0.1) is 21.3 Å². The maximum Gasteiger partial charge on any atom is 0.298 e. The molecule has 1 aliphatic heterocycles. The van der Waals surface area contributed by atoms with Gasteiger partial charge in [0.15, 0.2) is 10.9 Å². The number of hydrogen-bond acceptors (Lipinski definition) is 7. The molecule has 2 aromatic carbocycles. The van der Waals surface area contributed by atoms with Crippen molar-refractivity contribution in [2.45, 2.75) is 13.0 Å². The van der Waals surface area contributed by atoms with Crippen LogP contribution in [0.5, 0.6) is 0 Å². The van der Waals surface area contributed by atoms with E-state index < -0.39 is 11.6 Å². The average molecular weight is 485 g/mol. The molecule has 2 aromatic heterocycles. The van der Waals surface area contributed by atoms with Gasteiger partial charge in [0.1, 0.15) is 23.5 Å². The van der Waals surface area contributed by atoms with Crippen LogP contribution in [-0.2, 0) is 4.79 Å². The zero-order valence-electron chi connectivity index (χ0n) is 17.1. The minimum Gasteiger partial charge on any atom is -0.375 e. The molecule has 166 valence electrons. The van der Waals surface area contributed by atoms with Gasteiger partial charge in [-0.1, -0.05) is 28.9 Å². The van der Waals surface area contributed by atoms with Crippen LogP contribution in [0.2, 0.25) is 5.02 Å². The standard InChI is InChI=1S/C22H15ClF2N6OS/c1-2-3-15(32)31-7-10(8-31)29-21-12-6-13(23)16(17(25)18(12)27-9-28-21)11-4-5-14(24)20-19(11)30-22(26)33-20/h4-6,9-10H,7-8H2,1H3,(H2,26,30)(H,27,28,29).